The van der Waals surface area contributed by atoms with Crippen LogP contribution in [0, 0.1) is 11.7 Å². The number of carbonyl (C=O) groups is 2. The molecule has 0 radical (unpaired) electrons. The first kappa shape index (κ1) is 16.3. The fourth-order valence-corrected chi connectivity index (χ4v) is 2.57. The van der Waals surface area contributed by atoms with Gasteiger partial charge in [0.1, 0.15) is 11.4 Å². The molecule has 120 valence electrons. The summed E-state index contributed by atoms with van der Waals surface area (Å²) >= 11 is 0. The zero-order chi connectivity index (χ0) is 16.5. The number of likely N-dealkylation sites (tertiary alicyclic amines) is 1. The molecule has 0 unspecified atom stereocenters. The Bertz CT molecular complexity index is 582. The Morgan fingerprint density at radius 2 is 2.05 bits per heavy atom. The van der Waals surface area contributed by atoms with E-state index in [1.165, 1.54) is 17.0 Å². The molecule has 2 rings (SSSR count). The van der Waals surface area contributed by atoms with Gasteiger partial charge in [-0.15, -0.1) is 0 Å². The molecular formula is C16H20FNO4. The van der Waals surface area contributed by atoms with Gasteiger partial charge < -0.3 is 14.7 Å². The summed E-state index contributed by atoms with van der Waals surface area (Å²) in [7, 11) is 0. The second-order valence-corrected chi connectivity index (χ2v) is 6.47. The number of benzene rings is 1. The summed E-state index contributed by atoms with van der Waals surface area (Å²) in [5.41, 5.74) is -0.0974. The number of carboxylic acids is 1. The predicted octanol–water partition coefficient (Wildman–Crippen LogP) is 3.21. The van der Waals surface area contributed by atoms with Gasteiger partial charge in [0.05, 0.1) is 12.0 Å². The van der Waals surface area contributed by atoms with Crippen molar-refractivity contribution in [2.24, 2.45) is 5.92 Å². The lowest BCUT2D eigenvalue weighted by atomic mass is 10.00. The average Bonchev–Trinajstić information content (AvgIpc) is 2.81. The van der Waals surface area contributed by atoms with E-state index >= 15 is 0 Å². The number of ether oxygens (including phenoxy) is 1. The molecule has 0 aromatic heterocycles. The third-order valence-electron chi connectivity index (χ3n) is 3.51. The number of halogens is 1. The van der Waals surface area contributed by atoms with Crippen molar-refractivity contribution in [2.75, 3.05) is 6.54 Å². The highest BCUT2D eigenvalue weighted by molar-refractivity contribution is 5.75. The summed E-state index contributed by atoms with van der Waals surface area (Å²) < 4.78 is 18.8. The molecule has 0 saturated carbocycles. The van der Waals surface area contributed by atoms with Gasteiger partial charge in [-0.25, -0.2) is 9.18 Å². The van der Waals surface area contributed by atoms with E-state index in [2.05, 4.69) is 0 Å². The van der Waals surface area contributed by atoms with E-state index in [0.29, 0.717) is 5.56 Å². The molecule has 1 aromatic carbocycles. The molecule has 2 atom stereocenters. The summed E-state index contributed by atoms with van der Waals surface area (Å²) in [6.45, 7) is 5.29. The third kappa shape index (κ3) is 3.75. The second-order valence-electron chi connectivity index (χ2n) is 6.47. The molecule has 6 heteroatoms. The summed E-state index contributed by atoms with van der Waals surface area (Å²) in [5.74, 6) is -2.06. The second kappa shape index (κ2) is 5.94. The molecule has 1 amide bonds. The van der Waals surface area contributed by atoms with Crippen molar-refractivity contribution in [3.8, 4) is 0 Å². The van der Waals surface area contributed by atoms with E-state index in [1.54, 1.807) is 32.9 Å². The minimum Gasteiger partial charge on any atom is -0.481 e. The largest absolute Gasteiger partial charge is 0.481 e. The van der Waals surface area contributed by atoms with Crippen molar-refractivity contribution < 1.29 is 23.8 Å². The Morgan fingerprint density at radius 3 is 2.59 bits per heavy atom. The van der Waals surface area contributed by atoms with Crippen LogP contribution in [0.3, 0.4) is 0 Å². The van der Waals surface area contributed by atoms with Crippen molar-refractivity contribution in [2.45, 2.75) is 38.8 Å². The Kier molecular flexibility index (Phi) is 4.39. The van der Waals surface area contributed by atoms with Crippen LogP contribution in [0.4, 0.5) is 9.18 Å². The van der Waals surface area contributed by atoms with E-state index in [9.17, 15) is 19.1 Å². The van der Waals surface area contributed by atoms with Crippen molar-refractivity contribution in [3.05, 3.63) is 35.6 Å². The molecule has 22 heavy (non-hydrogen) atoms. The van der Waals surface area contributed by atoms with E-state index < -0.39 is 35.4 Å². The smallest absolute Gasteiger partial charge is 0.410 e. The van der Waals surface area contributed by atoms with E-state index in [1.807, 2.05) is 0 Å². The maximum Gasteiger partial charge on any atom is 0.410 e. The van der Waals surface area contributed by atoms with Crippen LogP contribution in [-0.2, 0) is 9.53 Å². The quantitative estimate of drug-likeness (QED) is 0.911. The Labute approximate surface area is 128 Å². The highest BCUT2D eigenvalue weighted by Gasteiger charge is 2.41. The monoisotopic (exact) mass is 309 g/mol. The standard InChI is InChI=1S/C16H20FNO4/c1-16(2,3)22-15(21)18-9-11(14(19)20)8-13(18)10-5-4-6-12(17)7-10/h4-7,11,13H,8-9H2,1-3H3,(H,19,20)/t11-,13+/m1/s1. The van der Waals surface area contributed by atoms with Gasteiger partial charge in [-0.2, -0.15) is 0 Å². The van der Waals surface area contributed by atoms with Gasteiger partial charge >= 0.3 is 12.1 Å². The van der Waals surface area contributed by atoms with Crippen LogP contribution in [0.1, 0.15) is 38.8 Å². The zero-order valence-corrected chi connectivity index (χ0v) is 12.9. The van der Waals surface area contributed by atoms with Gasteiger partial charge in [-0.05, 0) is 44.9 Å². The normalized spacial score (nSPS) is 21.7. The van der Waals surface area contributed by atoms with Gasteiger partial charge in [-0.3, -0.25) is 4.79 Å². The summed E-state index contributed by atoms with van der Waals surface area (Å²) in [5, 5.41) is 9.21. The lowest BCUT2D eigenvalue weighted by molar-refractivity contribution is -0.141. The molecule has 0 bridgehead atoms. The highest BCUT2D eigenvalue weighted by atomic mass is 19.1. The van der Waals surface area contributed by atoms with Crippen LogP contribution in [0.25, 0.3) is 0 Å². The van der Waals surface area contributed by atoms with Crippen LogP contribution < -0.4 is 0 Å². The Hall–Kier alpha value is -2.11. The molecule has 1 aliphatic rings. The van der Waals surface area contributed by atoms with Crippen LogP contribution in [-0.4, -0.2) is 34.2 Å². The number of hydrogen-bond donors (Lipinski definition) is 1. The van der Waals surface area contributed by atoms with E-state index in [4.69, 9.17) is 4.74 Å². The molecule has 1 aliphatic heterocycles. The minimum atomic E-state index is -0.965. The van der Waals surface area contributed by atoms with Gasteiger partial charge in [0.2, 0.25) is 0 Å². The maximum atomic E-state index is 13.4. The van der Waals surface area contributed by atoms with E-state index in [0.717, 1.165) is 0 Å². The molecule has 1 heterocycles. The average molecular weight is 309 g/mol. The SMILES string of the molecule is CC(C)(C)OC(=O)N1C[C@H](C(=O)O)C[C@H]1c1cccc(F)c1. The molecule has 0 aliphatic carbocycles. The zero-order valence-electron chi connectivity index (χ0n) is 12.9. The van der Waals surface area contributed by atoms with Crippen LogP contribution in [0.15, 0.2) is 24.3 Å². The van der Waals surface area contributed by atoms with Gasteiger partial charge in [0.15, 0.2) is 0 Å². The van der Waals surface area contributed by atoms with Gasteiger partial charge in [-0.1, -0.05) is 12.1 Å². The number of carbonyl (C=O) groups excluding carboxylic acids is 1. The molecule has 1 aromatic rings. The van der Waals surface area contributed by atoms with E-state index in [-0.39, 0.29) is 13.0 Å². The summed E-state index contributed by atoms with van der Waals surface area (Å²) in [4.78, 5) is 24.9. The number of amides is 1. The van der Waals surface area contributed by atoms with Gasteiger partial charge in [0.25, 0.3) is 0 Å². The fourth-order valence-electron chi connectivity index (χ4n) is 2.57. The number of hydrogen-bond acceptors (Lipinski definition) is 3. The molecule has 1 fully saturated rings. The summed E-state index contributed by atoms with van der Waals surface area (Å²) in [6.07, 6.45) is -0.330. The topological polar surface area (TPSA) is 66.8 Å². The molecule has 1 saturated heterocycles. The van der Waals surface area contributed by atoms with Crippen LogP contribution >= 0.6 is 0 Å². The minimum absolute atomic E-state index is 0.0609. The molecule has 0 spiro atoms. The third-order valence-corrected chi connectivity index (χ3v) is 3.51. The number of aliphatic carboxylic acids is 1. The Morgan fingerprint density at radius 1 is 1.36 bits per heavy atom. The number of rotatable bonds is 2. The first-order valence-corrected chi connectivity index (χ1v) is 7.15. The molecular weight excluding hydrogens is 289 g/mol. The lowest BCUT2D eigenvalue weighted by Crippen LogP contribution is -2.37. The first-order valence-electron chi connectivity index (χ1n) is 7.15. The van der Waals surface area contributed by atoms with Gasteiger partial charge in [0, 0.05) is 6.54 Å². The Balaban J connectivity index is 2.27. The summed E-state index contributed by atoms with van der Waals surface area (Å²) in [6, 6.07) is 5.38. The fraction of sp³-hybridized carbons (Fsp3) is 0.500. The van der Waals surface area contributed by atoms with Crippen LogP contribution in [0.5, 0.6) is 0 Å². The number of carboxylic acid groups (broad SMARTS) is 1. The lowest BCUT2D eigenvalue weighted by Gasteiger charge is -2.28. The highest BCUT2D eigenvalue weighted by Crippen LogP contribution is 2.36. The predicted molar refractivity (Wildman–Crippen MR) is 77.8 cm³/mol. The molecule has 5 nitrogen and oxygen atoms in total. The maximum absolute atomic E-state index is 13.4. The first-order chi connectivity index (χ1) is 10.2. The van der Waals surface area contributed by atoms with Crippen molar-refractivity contribution in [3.63, 3.8) is 0 Å². The number of nitrogens with zero attached hydrogens (tertiary/aromatic N) is 1. The van der Waals surface area contributed by atoms with Crippen LogP contribution in [0.2, 0.25) is 0 Å². The van der Waals surface area contributed by atoms with Crippen molar-refractivity contribution >= 4 is 12.1 Å². The molecule has 1 N–H and O–H groups in total. The van der Waals surface area contributed by atoms with Crippen molar-refractivity contribution in [1.82, 2.24) is 4.90 Å². The van der Waals surface area contributed by atoms with Crippen molar-refractivity contribution in [1.29, 1.82) is 0 Å².